The van der Waals surface area contributed by atoms with Gasteiger partial charge in [-0.3, -0.25) is 4.79 Å². The predicted octanol–water partition coefficient (Wildman–Crippen LogP) is 1.25. The summed E-state index contributed by atoms with van der Waals surface area (Å²) in [5, 5.41) is 8.32. The molecule has 1 aromatic rings. The summed E-state index contributed by atoms with van der Waals surface area (Å²) in [5.74, 6) is -0.799. The standard InChI is InChI=1S/C18H24N2O5S/c21-17(14-3-1-2-4-14)20-11-16(12-20)26(24,25)19-10-9-13-5-7-15(8-6-13)18(22)23/h5-8,14,16,19H,1-4,9-12H2,(H,22,23). The molecule has 0 atom stereocenters. The molecule has 0 spiro atoms. The molecule has 2 aliphatic rings. The summed E-state index contributed by atoms with van der Waals surface area (Å²) in [6.07, 6.45) is 4.50. The van der Waals surface area contributed by atoms with E-state index in [1.807, 2.05) is 0 Å². The minimum absolute atomic E-state index is 0.0837. The van der Waals surface area contributed by atoms with Crippen molar-refractivity contribution >= 4 is 21.9 Å². The molecule has 1 saturated carbocycles. The molecule has 7 nitrogen and oxygen atoms in total. The van der Waals surface area contributed by atoms with Crippen LogP contribution in [0.15, 0.2) is 24.3 Å². The lowest BCUT2D eigenvalue weighted by Gasteiger charge is -2.39. The van der Waals surface area contributed by atoms with Crippen molar-refractivity contribution < 1.29 is 23.1 Å². The molecule has 0 radical (unpaired) electrons. The molecule has 0 bridgehead atoms. The number of likely N-dealkylation sites (tertiary alicyclic amines) is 1. The predicted molar refractivity (Wildman–Crippen MR) is 96.4 cm³/mol. The van der Waals surface area contributed by atoms with Crippen LogP contribution in [0.3, 0.4) is 0 Å². The van der Waals surface area contributed by atoms with Gasteiger partial charge in [-0.25, -0.2) is 17.9 Å². The summed E-state index contributed by atoms with van der Waals surface area (Å²) in [7, 11) is -3.44. The molecular weight excluding hydrogens is 356 g/mol. The molecule has 0 unspecified atom stereocenters. The Labute approximate surface area is 153 Å². The lowest BCUT2D eigenvalue weighted by atomic mass is 10.0. The number of rotatable bonds is 7. The Morgan fingerprint density at radius 3 is 2.31 bits per heavy atom. The summed E-state index contributed by atoms with van der Waals surface area (Å²) in [6.45, 7) is 0.803. The second-order valence-corrected chi connectivity index (χ2v) is 9.08. The highest BCUT2D eigenvalue weighted by Gasteiger charge is 2.41. The summed E-state index contributed by atoms with van der Waals surface area (Å²) in [6, 6.07) is 6.38. The van der Waals surface area contributed by atoms with Crippen molar-refractivity contribution in [3.63, 3.8) is 0 Å². The molecule has 26 heavy (non-hydrogen) atoms. The summed E-state index contributed by atoms with van der Waals surface area (Å²) >= 11 is 0. The van der Waals surface area contributed by atoms with Crippen LogP contribution < -0.4 is 4.72 Å². The normalized spacial score (nSPS) is 18.7. The summed E-state index contributed by atoms with van der Waals surface area (Å²) < 4.78 is 27.2. The van der Waals surface area contributed by atoms with Crippen molar-refractivity contribution in [2.75, 3.05) is 19.6 Å². The number of amides is 1. The van der Waals surface area contributed by atoms with Crippen LogP contribution in [0.1, 0.15) is 41.6 Å². The maximum Gasteiger partial charge on any atom is 0.335 e. The van der Waals surface area contributed by atoms with Crippen LogP contribution in [0.4, 0.5) is 0 Å². The van der Waals surface area contributed by atoms with Gasteiger partial charge >= 0.3 is 5.97 Å². The van der Waals surface area contributed by atoms with Gasteiger partial charge in [-0.1, -0.05) is 25.0 Å². The molecule has 142 valence electrons. The van der Waals surface area contributed by atoms with E-state index in [2.05, 4.69) is 4.72 Å². The van der Waals surface area contributed by atoms with Gasteiger partial charge in [-0.05, 0) is 37.0 Å². The first-order chi connectivity index (χ1) is 12.4. The summed E-state index contributed by atoms with van der Waals surface area (Å²) in [4.78, 5) is 24.7. The molecule has 3 rings (SSSR count). The number of hydrogen-bond acceptors (Lipinski definition) is 4. The second kappa shape index (κ2) is 7.75. The number of sulfonamides is 1. The number of carboxylic acid groups (broad SMARTS) is 1. The van der Waals surface area contributed by atoms with E-state index < -0.39 is 21.2 Å². The van der Waals surface area contributed by atoms with Crippen LogP contribution in [0.5, 0.6) is 0 Å². The van der Waals surface area contributed by atoms with Gasteiger partial charge in [0.05, 0.1) is 5.56 Å². The highest BCUT2D eigenvalue weighted by Crippen LogP contribution is 2.29. The first-order valence-electron chi connectivity index (χ1n) is 8.96. The number of nitrogens with zero attached hydrogens (tertiary/aromatic N) is 1. The fourth-order valence-electron chi connectivity index (χ4n) is 3.51. The first kappa shape index (κ1) is 18.8. The van der Waals surface area contributed by atoms with Gasteiger partial charge in [-0.15, -0.1) is 0 Å². The van der Waals surface area contributed by atoms with E-state index in [-0.39, 0.29) is 37.0 Å². The molecule has 1 aromatic carbocycles. The molecule has 1 aliphatic carbocycles. The van der Waals surface area contributed by atoms with Gasteiger partial charge in [0.25, 0.3) is 0 Å². The molecule has 1 heterocycles. The molecule has 2 fully saturated rings. The third kappa shape index (κ3) is 4.24. The topological polar surface area (TPSA) is 104 Å². The van der Waals surface area contributed by atoms with Crippen LogP contribution in [0.25, 0.3) is 0 Å². The van der Waals surface area contributed by atoms with Crippen molar-refractivity contribution in [2.45, 2.75) is 37.4 Å². The van der Waals surface area contributed by atoms with Crippen LogP contribution in [-0.2, 0) is 21.2 Å². The molecule has 1 amide bonds. The second-order valence-electron chi connectivity index (χ2n) is 7.04. The molecule has 8 heteroatoms. The largest absolute Gasteiger partial charge is 0.478 e. The third-order valence-corrected chi connectivity index (χ3v) is 7.00. The Morgan fingerprint density at radius 2 is 1.73 bits per heavy atom. The zero-order chi connectivity index (χ0) is 18.7. The Morgan fingerprint density at radius 1 is 1.12 bits per heavy atom. The van der Waals surface area contributed by atoms with Crippen molar-refractivity contribution in [3.8, 4) is 0 Å². The van der Waals surface area contributed by atoms with E-state index in [1.165, 1.54) is 12.1 Å². The van der Waals surface area contributed by atoms with Gasteiger partial charge in [-0.2, -0.15) is 0 Å². The average Bonchev–Trinajstić information content (AvgIpc) is 3.08. The molecule has 1 aliphatic heterocycles. The zero-order valence-corrected chi connectivity index (χ0v) is 15.4. The van der Waals surface area contributed by atoms with E-state index in [4.69, 9.17) is 5.11 Å². The number of aromatic carboxylic acids is 1. The maximum atomic E-state index is 12.3. The minimum Gasteiger partial charge on any atom is -0.478 e. The van der Waals surface area contributed by atoms with E-state index in [0.717, 1.165) is 31.2 Å². The van der Waals surface area contributed by atoms with Crippen LogP contribution >= 0.6 is 0 Å². The molecule has 0 aromatic heterocycles. The maximum absolute atomic E-state index is 12.3. The quantitative estimate of drug-likeness (QED) is 0.741. The smallest absolute Gasteiger partial charge is 0.335 e. The molecule has 2 N–H and O–H groups in total. The Balaban J connectivity index is 1.43. The highest BCUT2D eigenvalue weighted by atomic mass is 32.2. The lowest BCUT2D eigenvalue weighted by Crippen LogP contribution is -2.60. The third-order valence-electron chi connectivity index (χ3n) is 5.22. The van der Waals surface area contributed by atoms with Gasteiger partial charge in [0.15, 0.2) is 0 Å². The van der Waals surface area contributed by atoms with Crippen molar-refractivity contribution in [2.24, 2.45) is 5.92 Å². The van der Waals surface area contributed by atoms with Gasteiger partial charge < -0.3 is 10.0 Å². The highest BCUT2D eigenvalue weighted by molar-refractivity contribution is 7.90. The van der Waals surface area contributed by atoms with Crippen molar-refractivity contribution in [1.29, 1.82) is 0 Å². The van der Waals surface area contributed by atoms with Gasteiger partial charge in [0.1, 0.15) is 5.25 Å². The SMILES string of the molecule is O=C(O)c1ccc(CCNS(=O)(=O)C2CN(C(=O)C3CCCC3)C2)cc1. The zero-order valence-electron chi connectivity index (χ0n) is 14.6. The van der Waals surface area contributed by atoms with Crippen molar-refractivity contribution in [1.82, 2.24) is 9.62 Å². The average molecular weight is 380 g/mol. The van der Waals surface area contributed by atoms with E-state index in [0.29, 0.717) is 6.42 Å². The van der Waals surface area contributed by atoms with Crippen LogP contribution in [0, 0.1) is 5.92 Å². The number of nitrogens with one attached hydrogen (secondary N) is 1. The number of carbonyl (C=O) groups excluding carboxylic acids is 1. The lowest BCUT2D eigenvalue weighted by molar-refractivity contribution is -0.138. The Bertz CT molecular complexity index is 763. The Kier molecular flexibility index (Phi) is 5.62. The van der Waals surface area contributed by atoms with E-state index >= 15 is 0 Å². The van der Waals surface area contributed by atoms with Crippen LogP contribution in [0.2, 0.25) is 0 Å². The van der Waals surface area contributed by atoms with Crippen molar-refractivity contribution in [3.05, 3.63) is 35.4 Å². The van der Waals surface area contributed by atoms with E-state index in [9.17, 15) is 18.0 Å². The molecule has 1 saturated heterocycles. The monoisotopic (exact) mass is 380 g/mol. The minimum atomic E-state index is -3.44. The van der Waals surface area contributed by atoms with Gasteiger partial charge in [0, 0.05) is 25.6 Å². The summed E-state index contributed by atoms with van der Waals surface area (Å²) in [5.41, 5.74) is 1.07. The number of carboxylic acids is 1. The van der Waals surface area contributed by atoms with Gasteiger partial charge in [0.2, 0.25) is 15.9 Å². The van der Waals surface area contributed by atoms with Crippen LogP contribution in [-0.4, -0.2) is 55.2 Å². The van der Waals surface area contributed by atoms with E-state index in [1.54, 1.807) is 17.0 Å². The first-order valence-corrected chi connectivity index (χ1v) is 10.5. The fourth-order valence-corrected chi connectivity index (χ4v) is 4.89. The Hall–Kier alpha value is -1.93. The number of carbonyl (C=O) groups is 2. The molecular formula is C18H24N2O5S. The fraction of sp³-hybridized carbons (Fsp3) is 0.556. The number of benzene rings is 1. The number of hydrogen-bond donors (Lipinski definition) is 2.